The fraction of sp³-hybridized carbons (Fsp3) is 0.579. The number of hydrogen-bond acceptors (Lipinski definition) is 4. The van der Waals surface area contributed by atoms with Gasteiger partial charge in [0, 0.05) is 19.1 Å². The van der Waals surface area contributed by atoms with Crippen LogP contribution in [-0.4, -0.2) is 28.0 Å². The molecule has 2 fully saturated rings. The summed E-state index contributed by atoms with van der Waals surface area (Å²) in [6.07, 6.45) is 3.12. The van der Waals surface area contributed by atoms with E-state index in [1.807, 2.05) is 0 Å². The van der Waals surface area contributed by atoms with Gasteiger partial charge in [0.05, 0.1) is 10.9 Å². The predicted molar refractivity (Wildman–Crippen MR) is 98.4 cm³/mol. The van der Waals surface area contributed by atoms with Crippen molar-refractivity contribution in [1.29, 1.82) is 0 Å². The summed E-state index contributed by atoms with van der Waals surface area (Å²) < 4.78 is 32.1. The molecule has 6 nitrogen and oxygen atoms in total. The molecule has 1 saturated carbocycles. The van der Waals surface area contributed by atoms with Crippen LogP contribution < -0.4 is 21.0 Å². The van der Waals surface area contributed by atoms with Crippen LogP contribution in [0.2, 0.25) is 0 Å². The number of anilines is 1. The van der Waals surface area contributed by atoms with Gasteiger partial charge in [-0.05, 0) is 52.5 Å². The Bertz CT molecular complexity index is 1030. The summed E-state index contributed by atoms with van der Waals surface area (Å²) in [5.41, 5.74) is -2.65. The van der Waals surface area contributed by atoms with Crippen molar-refractivity contribution in [3.05, 3.63) is 38.5 Å². The van der Waals surface area contributed by atoms with Crippen molar-refractivity contribution in [2.24, 2.45) is 0 Å². The molecule has 2 aromatic rings. The maximum absolute atomic E-state index is 15.4. The average molecular weight is 379 g/mol. The second-order valence-corrected chi connectivity index (χ2v) is 8.30. The highest BCUT2D eigenvalue weighted by Crippen LogP contribution is 2.38. The molecule has 0 amide bonds. The van der Waals surface area contributed by atoms with Crippen molar-refractivity contribution in [3.63, 3.8) is 0 Å². The van der Waals surface area contributed by atoms with Crippen molar-refractivity contribution in [1.82, 2.24) is 9.30 Å². The van der Waals surface area contributed by atoms with Gasteiger partial charge in [-0.25, -0.2) is 13.6 Å². The van der Waals surface area contributed by atoms with E-state index >= 15 is 4.39 Å². The lowest BCUT2D eigenvalue weighted by Gasteiger charge is -2.24. The van der Waals surface area contributed by atoms with E-state index in [-0.39, 0.29) is 22.6 Å². The molecule has 0 N–H and O–H groups in total. The molecule has 4 rings (SSSR count). The van der Waals surface area contributed by atoms with Gasteiger partial charge < -0.3 is 9.74 Å². The molecule has 0 bridgehead atoms. The van der Waals surface area contributed by atoms with E-state index in [0.717, 1.165) is 18.9 Å². The van der Waals surface area contributed by atoms with E-state index in [9.17, 15) is 14.0 Å². The number of halogens is 2. The first-order chi connectivity index (χ1) is 12.7. The molecule has 2 aliphatic rings. The summed E-state index contributed by atoms with van der Waals surface area (Å²) in [7, 11) is 0. The molecule has 8 heteroatoms. The zero-order chi connectivity index (χ0) is 19.5. The zero-order valence-electron chi connectivity index (χ0n) is 15.7. The summed E-state index contributed by atoms with van der Waals surface area (Å²) in [5, 5.41) is -0.177. The van der Waals surface area contributed by atoms with Gasteiger partial charge in [-0.3, -0.25) is 9.36 Å². The topological polar surface area (TPSA) is 56.5 Å². The standard InChI is InChI=1S/C19H23F2N3O3/c1-19(2,3)27-24-17(25)12-10-13(20)16(22-8-4-5-9-22)14(21)15(12)23(18(24)26)11-6-7-11/h10-11H,4-9H2,1-3H3. The third kappa shape index (κ3) is 3.00. The van der Waals surface area contributed by atoms with Crippen LogP contribution in [0, 0.1) is 11.6 Å². The van der Waals surface area contributed by atoms with E-state index in [4.69, 9.17) is 4.84 Å². The summed E-state index contributed by atoms with van der Waals surface area (Å²) in [6.45, 7) is 6.20. The molecule has 146 valence electrons. The fourth-order valence-corrected chi connectivity index (χ4v) is 3.64. The second kappa shape index (κ2) is 6.07. The van der Waals surface area contributed by atoms with Crippen LogP contribution >= 0.6 is 0 Å². The molecular weight excluding hydrogens is 356 g/mol. The third-order valence-electron chi connectivity index (χ3n) is 4.90. The highest BCUT2D eigenvalue weighted by molar-refractivity contribution is 5.83. The third-order valence-corrected chi connectivity index (χ3v) is 4.90. The Hall–Kier alpha value is -2.38. The van der Waals surface area contributed by atoms with Gasteiger partial charge in [0.15, 0.2) is 5.82 Å². The van der Waals surface area contributed by atoms with Gasteiger partial charge in [-0.2, -0.15) is 0 Å². The van der Waals surface area contributed by atoms with Gasteiger partial charge in [0.25, 0.3) is 5.56 Å². The van der Waals surface area contributed by atoms with Crippen LogP contribution in [0.4, 0.5) is 14.5 Å². The van der Waals surface area contributed by atoms with Crippen LogP contribution in [0.15, 0.2) is 15.7 Å². The first-order valence-corrected chi connectivity index (χ1v) is 9.33. The molecule has 0 radical (unpaired) electrons. The Morgan fingerprint density at radius 3 is 2.30 bits per heavy atom. The number of aromatic nitrogens is 2. The van der Waals surface area contributed by atoms with E-state index in [2.05, 4.69) is 0 Å². The fourth-order valence-electron chi connectivity index (χ4n) is 3.64. The average Bonchev–Trinajstić information content (AvgIpc) is 3.27. The minimum atomic E-state index is -0.840. The van der Waals surface area contributed by atoms with Crippen molar-refractivity contribution >= 4 is 16.6 Å². The monoisotopic (exact) mass is 379 g/mol. The molecule has 0 atom stereocenters. The van der Waals surface area contributed by atoms with Crippen molar-refractivity contribution in [3.8, 4) is 0 Å². The van der Waals surface area contributed by atoms with Crippen LogP contribution in [0.5, 0.6) is 0 Å². The van der Waals surface area contributed by atoms with E-state index in [0.29, 0.717) is 30.7 Å². The highest BCUT2D eigenvalue weighted by Gasteiger charge is 2.33. The molecule has 27 heavy (non-hydrogen) atoms. The van der Waals surface area contributed by atoms with E-state index in [1.54, 1.807) is 25.7 Å². The number of hydrogen-bond donors (Lipinski definition) is 0. The number of benzene rings is 1. The minimum Gasteiger partial charge on any atom is -0.400 e. The van der Waals surface area contributed by atoms with Crippen LogP contribution in [0.25, 0.3) is 10.9 Å². The van der Waals surface area contributed by atoms with E-state index < -0.39 is 28.5 Å². The highest BCUT2D eigenvalue weighted by atomic mass is 19.1. The molecule has 1 saturated heterocycles. The minimum absolute atomic E-state index is 0.121. The molecule has 0 spiro atoms. The first-order valence-electron chi connectivity index (χ1n) is 9.33. The maximum atomic E-state index is 15.4. The van der Waals surface area contributed by atoms with Crippen molar-refractivity contribution in [2.45, 2.75) is 58.1 Å². The van der Waals surface area contributed by atoms with Gasteiger partial charge >= 0.3 is 5.69 Å². The summed E-state index contributed by atoms with van der Waals surface area (Å²) in [5.74, 6) is -1.63. The molecular formula is C19H23F2N3O3. The van der Waals surface area contributed by atoms with Crippen molar-refractivity contribution < 1.29 is 13.6 Å². The number of fused-ring (bicyclic) bond motifs is 1. The molecule has 1 aliphatic heterocycles. The normalized spacial score (nSPS) is 17.7. The predicted octanol–water partition coefficient (Wildman–Crippen LogP) is 2.60. The molecule has 1 aliphatic carbocycles. The molecule has 0 unspecified atom stereocenters. The first kappa shape index (κ1) is 18.0. The Morgan fingerprint density at radius 1 is 1.11 bits per heavy atom. The van der Waals surface area contributed by atoms with Crippen LogP contribution in [-0.2, 0) is 0 Å². The Balaban J connectivity index is 2.06. The molecule has 2 heterocycles. The number of nitrogens with zero attached hydrogens (tertiary/aromatic N) is 3. The van der Waals surface area contributed by atoms with Gasteiger partial charge in [-0.1, -0.05) is 4.73 Å². The lowest BCUT2D eigenvalue weighted by atomic mass is 10.1. The maximum Gasteiger partial charge on any atom is 0.365 e. The summed E-state index contributed by atoms with van der Waals surface area (Å²) in [4.78, 5) is 33.0. The van der Waals surface area contributed by atoms with E-state index in [1.165, 1.54) is 4.57 Å². The lowest BCUT2D eigenvalue weighted by Crippen LogP contribution is -2.49. The van der Waals surface area contributed by atoms with Crippen LogP contribution in [0.3, 0.4) is 0 Å². The summed E-state index contributed by atoms with van der Waals surface area (Å²) >= 11 is 0. The largest absolute Gasteiger partial charge is 0.400 e. The Kier molecular flexibility index (Phi) is 4.05. The second-order valence-electron chi connectivity index (χ2n) is 8.30. The Morgan fingerprint density at radius 2 is 1.74 bits per heavy atom. The van der Waals surface area contributed by atoms with Crippen molar-refractivity contribution in [2.75, 3.05) is 18.0 Å². The van der Waals surface area contributed by atoms with Crippen LogP contribution in [0.1, 0.15) is 52.5 Å². The number of rotatable bonds is 3. The molecule has 1 aromatic carbocycles. The quantitative estimate of drug-likeness (QED) is 0.823. The Labute approximate surface area is 154 Å². The smallest absolute Gasteiger partial charge is 0.365 e. The molecule has 1 aromatic heterocycles. The van der Waals surface area contributed by atoms with Gasteiger partial charge in [0.1, 0.15) is 17.1 Å². The zero-order valence-corrected chi connectivity index (χ0v) is 15.7. The SMILES string of the molecule is CC(C)(C)On1c(=O)c2cc(F)c(N3CCCC3)c(F)c2n(C2CC2)c1=O. The lowest BCUT2D eigenvalue weighted by molar-refractivity contribution is -0.0280. The van der Waals surface area contributed by atoms with Gasteiger partial charge in [-0.15, -0.1) is 0 Å². The van der Waals surface area contributed by atoms with Gasteiger partial charge in [0.2, 0.25) is 0 Å². The summed E-state index contributed by atoms with van der Waals surface area (Å²) in [6, 6.07) is 0.830.